The molecule has 1 atom stereocenters. The van der Waals surface area contributed by atoms with Crippen molar-refractivity contribution in [3.63, 3.8) is 0 Å². The molecule has 100 valence electrons. The normalized spacial score (nSPS) is 12.5. The van der Waals surface area contributed by atoms with Crippen molar-refractivity contribution in [3.05, 3.63) is 35.6 Å². The molecule has 0 saturated carbocycles. The van der Waals surface area contributed by atoms with Crippen LogP contribution < -0.4 is 5.73 Å². The third kappa shape index (κ3) is 5.27. The summed E-state index contributed by atoms with van der Waals surface area (Å²) in [6.45, 7) is 4.29. The number of hydrogen-bond donors (Lipinski definition) is 1. The van der Waals surface area contributed by atoms with Crippen LogP contribution in [0.2, 0.25) is 0 Å². The first-order chi connectivity index (χ1) is 8.49. The lowest BCUT2D eigenvalue weighted by molar-refractivity contribution is -0.145. The maximum absolute atomic E-state index is 12.7. The zero-order valence-electron chi connectivity index (χ0n) is 10.9. The van der Waals surface area contributed by atoms with Gasteiger partial charge in [-0.25, -0.2) is 4.39 Å². The Morgan fingerprint density at radius 3 is 2.50 bits per heavy atom. The van der Waals surface area contributed by atoms with E-state index >= 15 is 0 Å². The summed E-state index contributed by atoms with van der Waals surface area (Å²) in [4.78, 5) is 11.5. The van der Waals surface area contributed by atoms with Gasteiger partial charge in [-0.15, -0.1) is 0 Å². The summed E-state index contributed by atoms with van der Waals surface area (Å²) >= 11 is 0. The fourth-order valence-electron chi connectivity index (χ4n) is 1.63. The van der Waals surface area contributed by atoms with E-state index in [2.05, 4.69) is 0 Å². The van der Waals surface area contributed by atoms with Gasteiger partial charge in [0.15, 0.2) is 0 Å². The number of ether oxygens (including phenoxy) is 1. The quantitative estimate of drug-likeness (QED) is 0.791. The largest absolute Gasteiger partial charge is 0.464 e. The third-order valence-corrected chi connectivity index (χ3v) is 2.58. The van der Waals surface area contributed by atoms with Gasteiger partial charge >= 0.3 is 5.97 Å². The number of esters is 1. The SMILES string of the molecule is CC(C)C[C@H](N)C(=O)OCCc1ccc(F)cc1. The molecule has 1 rings (SSSR count). The highest BCUT2D eigenvalue weighted by Gasteiger charge is 2.16. The second-order valence-corrected chi connectivity index (χ2v) is 4.78. The summed E-state index contributed by atoms with van der Waals surface area (Å²) in [6, 6.07) is 5.58. The van der Waals surface area contributed by atoms with Crippen LogP contribution in [0.5, 0.6) is 0 Å². The Morgan fingerprint density at radius 2 is 1.94 bits per heavy atom. The standard InChI is InChI=1S/C14H20FNO2/c1-10(2)9-13(16)14(17)18-8-7-11-3-5-12(15)6-4-11/h3-6,10,13H,7-9,16H2,1-2H3/t13-/m0/s1. The molecule has 2 N–H and O–H groups in total. The third-order valence-electron chi connectivity index (χ3n) is 2.58. The highest BCUT2D eigenvalue weighted by Crippen LogP contribution is 2.06. The van der Waals surface area contributed by atoms with Crippen LogP contribution in [0.15, 0.2) is 24.3 Å². The lowest BCUT2D eigenvalue weighted by Crippen LogP contribution is -2.33. The second-order valence-electron chi connectivity index (χ2n) is 4.78. The number of carbonyl (C=O) groups excluding carboxylic acids is 1. The van der Waals surface area contributed by atoms with Gasteiger partial charge in [0.25, 0.3) is 0 Å². The molecule has 0 radical (unpaired) electrons. The van der Waals surface area contributed by atoms with Crippen molar-refractivity contribution in [3.8, 4) is 0 Å². The van der Waals surface area contributed by atoms with Crippen LogP contribution >= 0.6 is 0 Å². The average Bonchev–Trinajstić information content (AvgIpc) is 2.30. The lowest BCUT2D eigenvalue weighted by Gasteiger charge is -2.13. The summed E-state index contributed by atoms with van der Waals surface area (Å²) in [5, 5.41) is 0. The Hall–Kier alpha value is -1.42. The minimum atomic E-state index is -0.557. The Balaban J connectivity index is 2.29. The van der Waals surface area contributed by atoms with E-state index < -0.39 is 6.04 Å². The Morgan fingerprint density at radius 1 is 1.33 bits per heavy atom. The molecule has 0 unspecified atom stereocenters. The molecule has 3 nitrogen and oxygen atoms in total. The van der Waals surface area contributed by atoms with Crippen molar-refractivity contribution < 1.29 is 13.9 Å². The van der Waals surface area contributed by atoms with Crippen LogP contribution in [0.25, 0.3) is 0 Å². The monoisotopic (exact) mass is 253 g/mol. The Bertz CT molecular complexity index is 376. The predicted octanol–water partition coefficient (Wildman–Crippen LogP) is 2.28. The first-order valence-corrected chi connectivity index (χ1v) is 6.15. The smallest absolute Gasteiger partial charge is 0.322 e. The molecular formula is C14H20FNO2. The zero-order valence-corrected chi connectivity index (χ0v) is 10.9. The van der Waals surface area contributed by atoms with Crippen LogP contribution in [0.1, 0.15) is 25.8 Å². The molecule has 0 saturated heterocycles. The van der Waals surface area contributed by atoms with Gasteiger partial charge in [-0.05, 0) is 30.0 Å². The zero-order chi connectivity index (χ0) is 13.5. The maximum atomic E-state index is 12.7. The van der Waals surface area contributed by atoms with Gasteiger partial charge in [-0.2, -0.15) is 0 Å². The number of halogens is 1. The number of rotatable bonds is 6. The minimum absolute atomic E-state index is 0.269. The fraction of sp³-hybridized carbons (Fsp3) is 0.500. The van der Waals surface area contributed by atoms with Gasteiger partial charge in [0.05, 0.1) is 6.61 Å². The van der Waals surface area contributed by atoms with E-state index in [4.69, 9.17) is 10.5 Å². The summed E-state index contributed by atoms with van der Waals surface area (Å²) in [7, 11) is 0. The molecule has 0 heterocycles. The topological polar surface area (TPSA) is 52.3 Å². The van der Waals surface area contributed by atoms with Crippen molar-refractivity contribution in [2.24, 2.45) is 11.7 Å². The maximum Gasteiger partial charge on any atom is 0.322 e. The molecular weight excluding hydrogens is 233 g/mol. The van der Waals surface area contributed by atoms with Gasteiger partial charge < -0.3 is 10.5 Å². The van der Waals surface area contributed by atoms with Gasteiger partial charge in [0.2, 0.25) is 0 Å². The molecule has 0 aliphatic carbocycles. The van der Waals surface area contributed by atoms with Crippen molar-refractivity contribution in [1.29, 1.82) is 0 Å². The molecule has 4 heteroatoms. The first-order valence-electron chi connectivity index (χ1n) is 6.15. The number of carbonyl (C=O) groups is 1. The van der Waals surface area contributed by atoms with Crippen LogP contribution in [-0.2, 0) is 16.0 Å². The van der Waals surface area contributed by atoms with Gasteiger partial charge in [-0.1, -0.05) is 26.0 Å². The van der Waals surface area contributed by atoms with E-state index in [1.54, 1.807) is 12.1 Å². The van der Waals surface area contributed by atoms with E-state index in [9.17, 15) is 9.18 Å². The molecule has 0 aliphatic heterocycles. The van der Waals surface area contributed by atoms with Crippen molar-refractivity contribution in [2.75, 3.05) is 6.61 Å². The summed E-state index contributed by atoms with van der Waals surface area (Å²) in [5.74, 6) is -0.273. The first kappa shape index (κ1) is 14.6. The van der Waals surface area contributed by atoms with E-state index in [0.29, 0.717) is 18.8 Å². The van der Waals surface area contributed by atoms with Gasteiger partial charge in [0, 0.05) is 6.42 Å². The van der Waals surface area contributed by atoms with Gasteiger partial charge in [-0.3, -0.25) is 4.79 Å². The number of hydrogen-bond acceptors (Lipinski definition) is 3. The second kappa shape index (κ2) is 7.11. The highest BCUT2D eigenvalue weighted by molar-refractivity contribution is 5.75. The number of benzene rings is 1. The van der Waals surface area contributed by atoms with E-state index in [-0.39, 0.29) is 18.4 Å². The van der Waals surface area contributed by atoms with Gasteiger partial charge in [0.1, 0.15) is 11.9 Å². The molecule has 18 heavy (non-hydrogen) atoms. The number of nitrogens with two attached hydrogens (primary N) is 1. The van der Waals surface area contributed by atoms with Crippen LogP contribution in [0.4, 0.5) is 4.39 Å². The molecule has 0 aliphatic rings. The summed E-state index contributed by atoms with van der Waals surface area (Å²) < 4.78 is 17.7. The van der Waals surface area contributed by atoms with Crippen molar-refractivity contribution in [2.45, 2.75) is 32.7 Å². The fourth-order valence-corrected chi connectivity index (χ4v) is 1.63. The van der Waals surface area contributed by atoms with Crippen LogP contribution in [0.3, 0.4) is 0 Å². The van der Waals surface area contributed by atoms with E-state index in [1.807, 2.05) is 13.8 Å². The highest BCUT2D eigenvalue weighted by atomic mass is 19.1. The van der Waals surface area contributed by atoms with Crippen LogP contribution in [0, 0.1) is 11.7 Å². The minimum Gasteiger partial charge on any atom is -0.464 e. The molecule has 1 aromatic carbocycles. The lowest BCUT2D eigenvalue weighted by atomic mass is 10.1. The molecule has 0 bridgehead atoms. The van der Waals surface area contributed by atoms with E-state index in [1.165, 1.54) is 12.1 Å². The molecule has 0 aromatic heterocycles. The van der Waals surface area contributed by atoms with Crippen molar-refractivity contribution >= 4 is 5.97 Å². The van der Waals surface area contributed by atoms with Crippen molar-refractivity contribution in [1.82, 2.24) is 0 Å². The molecule has 1 aromatic rings. The van der Waals surface area contributed by atoms with E-state index in [0.717, 1.165) is 5.56 Å². The summed E-state index contributed by atoms with van der Waals surface area (Å²) in [5.41, 5.74) is 6.63. The summed E-state index contributed by atoms with van der Waals surface area (Å²) in [6.07, 6.45) is 1.19. The van der Waals surface area contributed by atoms with Crippen LogP contribution in [-0.4, -0.2) is 18.6 Å². The average molecular weight is 253 g/mol. The Labute approximate surface area is 107 Å². The predicted molar refractivity (Wildman–Crippen MR) is 68.5 cm³/mol. The molecule has 0 fully saturated rings. The Kier molecular flexibility index (Phi) is 5.78. The molecule has 0 spiro atoms. The molecule has 0 amide bonds.